The largest absolute Gasteiger partial charge is 0.306 e. The maximum atomic E-state index is 12.2. The van der Waals surface area contributed by atoms with Crippen LogP contribution in [0.2, 0.25) is 0 Å². The molecule has 0 aliphatic heterocycles. The average Bonchev–Trinajstić information content (AvgIpc) is 3.00. The van der Waals surface area contributed by atoms with Gasteiger partial charge in [-0.15, -0.1) is 0 Å². The standard InChI is InChI=1S/C18H20N4O2S/c1-5-13-8-14-10(2)6-7-11(3)16(14)20-18(13)25-9-15(23)19-17-12(4)21-24-22-17/h6-8H,5,9H2,1-4H3,(H,19,22,23). The minimum atomic E-state index is -0.159. The van der Waals surface area contributed by atoms with Gasteiger partial charge < -0.3 is 5.32 Å². The molecule has 0 radical (unpaired) electrons. The number of thioether (sulfide) groups is 1. The molecule has 7 heteroatoms. The number of amides is 1. The Bertz CT molecular complexity index is 936. The van der Waals surface area contributed by atoms with Crippen LogP contribution < -0.4 is 5.32 Å². The Morgan fingerprint density at radius 2 is 1.96 bits per heavy atom. The average molecular weight is 356 g/mol. The van der Waals surface area contributed by atoms with Crippen LogP contribution >= 0.6 is 11.8 Å². The fraction of sp³-hybridized carbons (Fsp3) is 0.333. The van der Waals surface area contributed by atoms with E-state index in [2.05, 4.69) is 59.2 Å². The van der Waals surface area contributed by atoms with Crippen molar-refractivity contribution < 1.29 is 9.42 Å². The smallest absolute Gasteiger partial charge is 0.236 e. The molecule has 1 aromatic carbocycles. The first-order valence-corrected chi connectivity index (χ1v) is 9.09. The highest BCUT2D eigenvalue weighted by molar-refractivity contribution is 8.00. The Balaban J connectivity index is 1.82. The molecule has 3 aromatic rings. The molecule has 0 saturated heterocycles. The zero-order valence-corrected chi connectivity index (χ0v) is 15.5. The Morgan fingerprint density at radius 1 is 1.20 bits per heavy atom. The highest BCUT2D eigenvalue weighted by Gasteiger charge is 2.13. The Hall–Kier alpha value is -2.41. The molecule has 1 N–H and O–H groups in total. The van der Waals surface area contributed by atoms with Gasteiger partial charge in [0.1, 0.15) is 10.7 Å². The first kappa shape index (κ1) is 17.4. The number of benzene rings is 1. The number of aryl methyl sites for hydroxylation is 4. The van der Waals surface area contributed by atoms with Crippen molar-refractivity contribution in [3.63, 3.8) is 0 Å². The van der Waals surface area contributed by atoms with Crippen LogP contribution in [-0.2, 0) is 11.2 Å². The fourth-order valence-corrected chi connectivity index (χ4v) is 3.47. The van der Waals surface area contributed by atoms with Crippen molar-refractivity contribution in [3.05, 3.63) is 40.6 Å². The molecular weight excluding hydrogens is 336 g/mol. The van der Waals surface area contributed by atoms with Crippen LogP contribution in [0.15, 0.2) is 27.9 Å². The SMILES string of the molecule is CCc1cc2c(C)ccc(C)c2nc1SCC(=O)Nc1nonc1C. The first-order valence-electron chi connectivity index (χ1n) is 8.11. The molecule has 2 aromatic heterocycles. The van der Waals surface area contributed by atoms with Gasteiger partial charge in [-0.2, -0.15) is 0 Å². The third kappa shape index (κ3) is 3.66. The molecule has 0 bridgehead atoms. The minimum Gasteiger partial charge on any atom is -0.306 e. The summed E-state index contributed by atoms with van der Waals surface area (Å²) in [4.78, 5) is 17.0. The molecule has 0 saturated carbocycles. The molecule has 2 heterocycles. The number of nitrogens with zero attached hydrogens (tertiary/aromatic N) is 3. The number of pyridine rings is 1. The van der Waals surface area contributed by atoms with Crippen molar-refractivity contribution in [2.24, 2.45) is 0 Å². The minimum absolute atomic E-state index is 0.159. The Morgan fingerprint density at radius 3 is 2.64 bits per heavy atom. The summed E-state index contributed by atoms with van der Waals surface area (Å²) in [5, 5.41) is 12.1. The van der Waals surface area contributed by atoms with Gasteiger partial charge in [0.2, 0.25) is 5.91 Å². The first-order chi connectivity index (χ1) is 12.0. The lowest BCUT2D eigenvalue weighted by Gasteiger charge is -2.12. The van der Waals surface area contributed by atoms with Crippen molar-refractivity contribution in [1.82, 2.24) is 15.3 Å². The van der Waals surface area contributed by atoms with E-state index in [-0.39, 0.29) is 11.7 Å². The van der Waals surface area contributed by atoms with Gasteiger partial charge in [-0.1, -0.05) is 36.0 Å². The zero-order valence-electron chi connectivity index (χ0n) is 14.7. The number of fused-ring (bicyclic) bond motifs is 1. The van der Waals surface area contributed by atoms with E-state index in [4.69, 9.17) is 4.98 Å². The molecule has 0 fully saturated rings. The molecule has 25 heavy (non-hydrogen) atoms. The van der Waals surface area contributed by atoms with Crippen LogP contribution in [0.4, 0.5) is 5.82 Å². The van der Waals surface area contributed by atoms with E-state index in [0.29, 0.717) is 11.5 Å². The van der Waals surface area contributed by atoms with Crippen LogP contribution in [0, 0.1) is 20.8 Å². The van der Waals surface area contributed by atoms with Gasteiger partial charge in [0.05, 0.1) is 11.3 Å². The zero-order chi connectivity index (χ0) is 18.0. The lowest BCUT2D eigenvalue weighted by atomic mass is 10.0. The van der Waals surface area contributed by atoms with E-state index in [0.717, 1.165) is 28.1 Å². The van der Waals surface area contributed by atoms with Crippen LogP contribution in [0.25, 0.3) is 10.9 Å². The quantitative estimate of drug-likeness (QED) is 0.700. The van der Waals surface area contributed by atoms with Crippen LogP contribution in [0.1, 0.15) is 29.3 Å². The van der Waals surface area contributed by atoms with Gasteiger partial charge in [0, 0.05) is 5.39 Å². The summed E-state index contributed by atoms with van der Waals surface area (Å²) >= 11 is 1.43. The van der Waals surface area contributed by atoms with E-state index in [1.54, 1.807) is 6.92 Å². The molecule has 0 unspecified atom stereocenters. The number of anilines is 1. The predicted molar refractivity (Wildman–Crippen MR) is 99.0 cm³/mol. The van der Waals surface area contributed by atoms with E-state index in [9.17, 15) is 4.79 Å². The molecule has 1 amide bonds. The van der Waals surface area contributed by atoms with Gasteiger partial charge in [-0.3, -0.25) is 4.79 Å². The summed E-state index contributed by atoms with van der Waals surface area (Å²) in [6, 6.07) is 6.39. The molecule has 0 aliphatic rings. The summed E-state index contributed by atoms with van der Waals surface area (Å²) < 4.78 is 4.58. The highest BCUT2D eigenvalue weighted by Crippen LogP contribution is 2.29. The van der Waals surface area contributed by atoms with Crippen molar-refractivity contribution >= 4 is 34.4 Å². The van der Waals surface area contributed by atoms with Crippen LogP contribution in [0.3, 0.4) is 0 Å². The summed E-state index contributed by atoms with van der Waals surface area (Å²) in [5.41, 5.74) is 5.06. The molecule has 6 nitrogen and oxygen atoms in total. The van der Waals surface area contributed by atoms with Gasteiger partial charge in [0.25, 0.3) is 0 Å². The molecule has 130 valence electrons. The van der Waals surface area contributed by atoms with Crippen LogP contribution in [-0.4, -0.2) is 27.0 Å². The molecule has 0 atom stereocenters. The second kappa shape index (κ2) is 7.23. The molecule has 0 spiro atoms. The summed E-state index contributed by atoms with van der Waals surface area (Å²) in [6.45, 7) is 7.98. The molecule has 0 aliphatic carbocycles. The number of aromatic nitrogens is 3. The number of rotatable bonds is 5. The van der Waals surface area contributed by atoms with Crippen molar-refractivity contribution in [1.29, 1.82) is 0 Å². The second-order valence-corrected chi connectivity index (χ2v) is 6.90. The van der Waals surface area contributed by atoms with E-state index < -0.39 is 0 Å². The normalized spacial score (nSPS) is 11.0. The number of carbonyl (C=O) groups is 1. The third-order valence-electron chi connectivity index (χ3n) is 4.07. The topological polar surface area (TPSA) is 80.9 Å². The van der Waals surface area contributed by atoms with Crippen molar-refractivity contribution in [3.8, 4) is 0 Å². The predicted octanol–water partition coefficient (Wildman–Crippen LogP) is 3.84. The maximum absolute atomic E-state index is 12.2. The fourth-order valence-electron chi connectivity index (χ4n) is 2.58. The maximum Gasteiger partial charge on any atom is 0.236 e. The lowest BCUT2D eigenvalue weighted by molar-refractivity contribution is -0.113. The lowest BCUT2D eigenvalue weighted by Crippen LogP contribution is -2.15. The van der Waals surface area contributed by atoms with Crippen molar-refractivity contribution in [2.75, 3.05) is 11.1 Å². The molecular formula is C18H20N4O2S. The number of hydrogen-bond donors (Lipinski definition) is 1. The van der Waals surface area contributed by atoms with Gasteiger partial charge in [-0.05, 0) is 55.1 Å². The Labute approximate surface area is 150 Å². The van der Waals surface area contributed by atoms with Gasteiger partial charge in [-0.25, -0.2) is 9.61 Å². The number of hydrogen-bond acceptors (Lipinski definition) is 6. The van der Waals surface area contributed by atoms with Gasteiger partial charge >= 0.3 is 0 Å². The van der Waals surface area contributed by atoms with E-state index >= 15 is 0 Å². The van der Waals surface area contributed by atoms with Gasteiger partial charge in [0.15, 0.2) is 5.82 Å². The number of carbonyl (C=O) groups excluding carboxylic acids is 1. The second-order valence-electron chi connectivity index (χ2n) is 5.94. The summed E-state index contributed by atoms with van der Waals surface area (Å²) in [5.74, 6) is 0.454. The van der Waals surface area contributed by atoms with E-state index in [1.807, 2.05) is 0 Å². The van der Waals surface area contributed by atoms with Crippen LogP contribution in [0.5, 0.6) is 0 Å². The summed E-state index contributed by atoms with van der Waals surface area (Å²) in [7, 11) is 0. The monoisotopic (exact) mass is 356 g/mol. The van der Waals surface area contributed by atoms with E-state index in [1.165, 1.54) is 22.7 Å². The summed E-state index contributed by atoms with van der Waals surface area (Å²) in [6.07, 6.45) is 0.868. The van der Waals surface area contributed by atoms with Crippen molar-refractivity contribution in [2.45, 2.75) is 39.1 Å². The third-order valence-corrected chi connectivity index (χ3v) is 5.11. The number of nitrogens with one attached hydrogen (secondary N) is 1. The molecule has 3 rings (SSSR count). The Kier molecular flexibility index (Phi) is 5.03. The highest BCUT2D eigenvalue weighted by atomic mass is 32.2.